The Morgan fingerprint density at radius 1 is 1.33 bits per heavy atom. The van der Waals surface area contributed by atoms with Gasteiger partial charge in [-0.15, -0.1) is 0 Å². The van der Waals surface area contributed by atoms with Crippen LogP contribution in [-0.2, 0) is 16.4 Å². The van der Waals surface area contributed by atoms with Gasteiger partial charge in [-0.3, -0.25) is 0 Å². The SMILES string of the molecule is CCS(=O)(=O)N1CCCC(CCc2ccc(F)cc2F)C1. The fourth-order valence-corrected chi connectivity index (χ4v) is 3.99. The summed E-state index contributed by atoms with van der Waals surface area (Å²) in [5.74, 6) is -0.741. The highest BCUT2D eigenvalue weighted by Gasteiger charge is 2.27. The van der Waals surface area contributed by atoms with E-state index >= 15 is 0 Å². The number of benzene rings is 1. The highest BCUT2D eigenvalue weighted by Crippen LogP contribution is 2.24. The van der Waals surface area contributed by atoms with Crippen molar-refractivity contribution in [2.75, 3.05) is 18.8 Å². The summed E-state index contributed by atoms with van der Waals surface area (Å²) in [6.07, 6.45) is 3.03. The van der Waals surface area contributed by atoms with E-state index in [1.165, 1.54) is 12.1 Å². The fraction of sp³-hybridized carbons (Fsp3) is 0.600. The highest BCUT2D eigenvalue weighted by molar-refractivity contribution is 7.89. The van der Waals surface area contributed by atoms with Crippen LogP contribution in [0.3, 0.4) is 0 Å². The molecular weight excluding hydrogens is 296 g/mol. The summed E-state index contributed by atoms with van der Waals surface area (Å²) < 4.78 is 51.8. The van der Waals surface area contributed by atoms with Gasteiger partial charge in [0.2, 0.25) is 10.0 Å². The maximum atomic E-state index is 13.6. The van der Waals surface area contributed by atoms with E-state index < -0.39 is 21.7 Å². The molecule has 0 spiro atoms. The van der Waals surface area contributed by atoms with E-state index in [-0.39, 0.29) is 11.7 Å². The van der Waals surface area contributed by atoms with E-state index in [2.05, 4.69) is 0 Å². The van der Waals surface area contributed by atoms with E-state index in [1.54, 1.807) is 11.2 Å². The second kappa shape index (κ2) is 6.83. The van der Waals surface area contributed by atoms with E-state index in [4.69, 9.17) is 0 Å². The van der Waals surface area contributed by atoms with Crippen LogP contribution in [0.25, 0.3) is 0 Å². The molecule has 1 unspecified atom stereocenters. The second-order valence-electron chi connectivity index (χ2n) is 5.54. The largest absolute Gasteiger partial charge is 0.213 e. The zero-order chi connectivity index (χ0) is 15.5. The molecule has 0 saturated carbocycles. The van der Waals surface area contributed by atoms with Gasteiger partial charge < -0.3 is 0 Å². The molecule has 0 amide bonds. The molecule has 1 aromatic rings. The monoisotopic (exact) mass is 317 g/mol. The van der Waals surface area contributed by atoms with Gasteiger partial charge in [0.25, 0.3) is 0 Å². The lowest BCUT2D eigenvalue weighted by molar-refractivity contribution is 0.256. The van der Waals surface area contributed by atoms with Gasteiger partial charge >= 0.3 is 0 Å². The number of rotatable bonds is 5. The van der Waals surface area contributed by atoms with Crippen LogP contribution in [0.2, 0.25) is 0 Å². The molecule has 1 saturated heterocycles. The quantitative estimate of drug-likeness (QED) is 0.837. The minimum Gasteiger partial charge on any atom is -0.212 e. The third-order valence-corrected chi connectivity index (χ3v) is 5.92. The van der Waals surface area contributed by atoms with Crippen LogP contribution in [0.5, 0.6) is 0 Å². The molecule has 0 aliphatic carbocycles. The molecule has 3 nitrogen and oxygen atoms in total. The van der Waals surface area contributed by atoms with Crippen molar-refractivity contribution in [3.63, 3.8) is 0 Å². The number of sulfonamides is 1. The Labute approximate surface area is 125 Å². The molecule has 118 valence electrons. The van der Waals surface area contributed by atoms with Crippen LogP contribution in [0.4, 0.5) is 8.78 Å². The molecule has 0 aromatic heterocycles. The van der Waals surface area contributed by atoms with Crippen LogP contribution in [0.1, 0.15) is 31.7 Å². The van der Waals surface area contributed by atoms with E-state index in [9.17, 15) is 17.2 Å². The van der Waals surface area contributed by atoms with Gasteiger partial charge in [-0.1, -0.05) is 6.07 Å². The number of aryl methyl sites for hydroxylation is 1. The lowest BCUT2D eigenvalue weighted by Gasteiger charge is -2.31. The maximum absolute atomic E-state index is 13.6. The molecule has 1 fully saturated rings. The summed E-state index contributed by atoms with van der Waals surface area (Å²) in [6.45, 7) is 2.74. The van der Waals surface area contributed by atoms with Crippen molar-refractivity contribution in [3.8, 4) is 0 Å². The molecule has 1 aliphatic rings. The number of hydrogen-bond donors (Lipinski definition) is 0. The molecule has 1 aromatic carbocycles. The molecule has 0 N–H and O–H groups in total. The van der Waals surface area contributed by atoms with E-state index in [0.29, 0.717) is 25.1 Å². The van der Waals surface area contributed by atoms with Gasteiger partial charge in [0.15, 0.2) is 0 Å². The lowest BCUT2D eigenvalue weighted by atomic mass is 9.92. The van der Waals surface area contributed by atoms with Gasteiger partial charge in [0.05, 0.1) is 5.75 Å². The van der Waals surface area contributed by atoms with E-state index in [0.717, 1.165) is 25.3 Å². The molecule has 6 heteroatoms. The van der Waals surface area contributed by atoms with Gasteiger partial charge in [-0.2, -0.15) is 0 Å². The van der Waals surface area contributed by atoms with Gasteiger partial charge in [0.1, 0.15) is 11.6 Å². The first kappa shape index (κ1) is 16.4. The molecule has 1 heterocycles. The smallest absolute Gasteiger partial charge is 0.212 e. The maximum Gasteiger partial charge on any atom is 0.213 e. The first-order valence-corrected chi connectivity index (χ1v) is 8.95. The Morgan fingerprint density at radius 2 is 2.10 bits per heavy atom. The summed E-state index contributed by atoms with van der Waals surface area (Å²) in [6, 6.07) is 3.62. The molecule has 0 radical (unpaired) electrons. The van der Waals surface area contributed by atoms with Crippen molar-refractivity contribution >= 4 is 10.0 Å². The van der Waals surface area contributed by atoms with Crippen LogP contribution >= 0.6 is 0 Å². The van der Waals surface area contributed by atoms with Crippen molar-refractivity contribution in [2.45, 2.75) is 32.6 Å². The van der Waals surface area contributed by atoms with Gasteiger partial charge in [0, 0.05) is 19.2 Å². The van der Waals surface area contributed by atoms with Gasteiger partial charge in [-0.25, -0.2) is 21.5 Å². The van der Waals surface area contributed by atoms with Gasteiger partial charge in [-0.05, 0) is 50.2 Å². The Bertz CT molecular complexity index is 589. The third kappa shape index (κ3) is 4.23. The van der Waals surface area contributed by atoms with Crippen LogP contribution in [0.15, 0.2) is 18.2 Å². The van der Waals surface area contributed by atoms with Crippen molar-refractivity contribution in [2.24, 2.45) is 5.92 Å². The average molecular weight is 317 g/mol. The lowest BCUT2D eigenvalue weighted by Crippen LogP contribution is -2.40. The number of halogens is 2. The Balaban J connectivity index is 1.94. The Hall–Kier alpha value is -1.01. The summed E-state index contributed by atoms with van der Waals surface area (Å²) >= 11 is 0. The summed E-state index contributed by atoms with van der Waals surface area (Å²) in [5, 5.41) is 0. The summed E-state index contributed by atoms with van der Waals surface area (Å²) in [4.78, 5) is 0. The molecule has 0 bridgehead atoms. The standard InChI is InChI=1S/C15H21F2NO2S/c1-2-21(19,20)18-9-3-4-12(11-18)5-6-13-7-8-14(16)10-15(13)17/h7-8,10,12H,2-6,9,11H2,1H3. The van der Waals surface area contributed by atoms with Crippen molar-refractivity contribution in [1.82, 2.24) is 4.31 Å². The van der Waals surface area contributed by atoms with Crippen molar-refractivity contribution < 1.29 is 17.2 Å². The second-order valence-corrected chi connectivity index (χ2v) is 7.80. The average Bonchev–Trinajstić information content (AvgIpc) is 2.46. The molecule has 1 atom stereocenters. The minimum absolute atomic E-state index is 0.117. The Morgan fingerprint density at radius 3 is 2.76 bits per heavy atom. The van der Waals surface area contributed by atoms with Crippen LogP contribution in [-0.4, -0.2) is 31.6 Å². The van der Waals surface area contributed by atoms with Crippen molar-refractivity contribution in [3.05, 3.63) is 35.4 Å². The zero-order valence-electron chi connectivity index (χ0n) is 12.2. The predicted octanol–water partition coefficient (Wildman–Crippen LogP) is 2.96. The first-order valence-electron chi connectivity index (χ1n) is 7.34. The minimum atomic E-state index is -3.14. The molecule has 21 heavy (non-hydrogen) atoms. The normalized spacial score (nSPS) is 20.6. The van der Waals surface area contributed by atoms with Crippen LogP contribution < -0.4 is 0 Å². The zero-order valence-corrected chi connectivity index (χ0v) is 13.0. The fourth-order valence-electron chi connectivity index (χ4n) is 2.78. The summed E-state index contributed by atoms with van der Waals surface area (Å²) in [7, 11) is -3.14. The van der Waals surface area contributed by atoms with Crippen molar-refractivity contribution in [1.29, 1.82) is 0 Å². The topological polar surface area (TPSA) is 37.4 Å². The molecule has 2 rings (SSSR count). The molecular formula is C15H21F2NO2S. The van der Waals surface area contributed by atoms with Crippen LogP contribution in [0, 0.1) is 17.6 Å². The summed E-state index contributed by atoms with van der Waals surface area (Å²) in [5.41, 5.74) is 0.492. The first-order chi connectivity index (χ1) is 9.92. The number of hydrogen-bond acceptors (Lipinski definition) is 2. The highest BCUT2D eigenvalue weighted by atomic mass is 32.2. The number of nitrogens with zero attached hydrogens (tertiary/aromatic N) is 1. The number of piperidine rings is 1. The Kier molecular flexibility index (Phi) is 5.32. The predicted molar refractivity (Wildman–Crippen MR) is 78.4 cm³/mol. The van der Waals surface area contributed by atoms with E-state index in [1.807, 2.05) is 0 Å². The third-order valence-electron chi connectivity index (χ3n) is 4.08. The molecule has 1 aliphatic heterocycles.